The molecule has 1 heterocycles. The van der Waals surface area contributed by atoms with E-state index in [1.54, 1.807) is 18.2 Å². The molecule has 26 heavy (non-hydrogen) atoms. The Labute approximate surface area is 148 Å². The van der Waals surface area contributed by atoms with Crippen LogP contribution in [0.2, 0.25) is 0 Å². The van der Waals surface area contributed by atoms with Gasteiger partial charge >= 0.3 is 0 Å². The number of hydrogen-bond acceptors (Lipinski definition) is 5. The Kier molecular flexibility index (Phi) is 3.45. The molecule has 0 bridgehead atoms. The lowest BCUT2D eigenvalue weighted by atomic mass is 10.1. The van der Waals surface area contributed by atoms with Gasteiger partial charge < -0.3 is 15.2 Å². The van der Waals surface area contributed by atoms with Crippen molar-refractivity contribution in [3.05, 3.63) is 65.7 Å². The van der Waals surface area contributed by atoms with E-state index in [0.29, 0.717) is 22.0 Å². The zero-order valence-electron chi connectivity index (χ0n) is 13.1. The number of carboxylic acids is 1. The summed E-state index contributed by atoms with van der Waals surface area (Å²) in [6, 6.07) is 13.3. The first kappa shape index (κ1) is 16.1. The second-order valence-electron chi connectivity index (χ2n) is 5.73. The molecular weight excluding hydrogens is 356 g/mol. The number of rotatable bonds is 4. The summed E-state index contributed by atoms with van der Waals surface area (Å²) in [7, 11) is -4.10. The Hall–Kier alpha value is -3.39. The maximum atomic E-state index is 12.9. The Morgan fingerprint density at radius 2 is 1.77 bits per heavy atom. The smallest absolute Gasteiger partial charge is 0.262 e. The van der Waals surface area contributed by atoms with Crippen molar-refractivity contribution in [1.29, 1.82) is 0 Å². The SMILES string of the molecule is O=C([O-])c1ccccc1NS(=O)(=O)c1ccc2c3c(cccc13)C(=O)N2. The Bertz CT molecular complexity index is 1200. The lowest BCUT2D eigenvalue weighted by molar-refractivity contribution is -0.254. The fraction of sp³-hybridized carbons (Fsp3) is 0. The number of para-hydroxylation sites is 1. The highest BCUT2D eigenvalue weighted by Gasteiger charge is 2.26. The van der Waals surface area contributed by atoms with Crippen LogP contribution in [0.1, 0.15) is 20.7 Å². The molecule has 0 spiro atoms. The fourth-order valence-corrected chi connectivity index (χ4v) is 4.33. The highest BCUT2D eigenvalue weighted by Crippen LogP contribution is 2.37. The molecule has 1 aliphatic heterocycles. The van der Waals surface area contributed by atoms with Crippen LogP contribution in [-0.2, 0) is 10.0 Å². The first-order chi connectivity index (χ1) is 12.4. The second-order valence-corrected chi connectivity index (χ2v) is 7.38. The molecule has 0 saturated carbocycles. The molecule has 0 radical (unpaired) electrons. The van der Waals surface area contributed by atoms with E-state index >= 15 is 0 Å². The third-order valence-electron chi connectivity index (χ3n) is 4.17. The summed E-state index contributed by atoms with van der Waals surface area (Å²) in [6.07, 6.45) is 0. The van der Waals surface area contributed by atoms with Crippen molar-refractivity contribution in [3.63, 3.8) is 0 Å². The quantitative estimate of drug-likeness (QED) is 0.726. The van der Waals surface area contributed by atoms with Crippen molar-refractivity contribution >= 4 is 44.0 Å². The van der Waals surface area contributed by atoms with Crippen molar-refractivity contribution < 1.29 is 23.1 Å². The average Bonchev–Trinajstić information content (AvgIpc) is 2.93. The van der Waals surface area contributed by atoms with Crippen LogP contribution in [0.3, 0.4) is 0 Å². The van der Waals surface area contributed by atoms with E-state index in [4.69, 9.17) is 0 Å². The number of aromatic carboxylic acids is 1. The number of benzene rings is 3. The molecule has 2 N–H and O–H groups in total. The van der Waals surface area contributed by atoms with Crippen molar-refractivity contribution in [1.82, 2.24) is 0 Å². The minimum atomic E-state index is -4.10. The fourth-order valence-electron chi connectivity index (χ4n) is 3.05. The minimum absolute atomic E-state index is 0.0530. The highest BCUT2D eigenvalue weighted by molar-refractivity contribution is 7.93. The van der Waals surface area contributed by atoms with Crippen LogP contribution in [0.4, 0.5) is 11.4 Å². The largest absolute Gasteiger partial charge is 0.545 e. The van der Waals surface area contributed by atoms with Crippen LogP contribution in [0, 0.1) is 0 Å². The molecule has 0 aromatic heterocycles. The first-order valence-corrected chi connectivity index (χ1v) is 9.07. The molecule has 1 aliphatic rings. The van der Waals surface area contributed by atoms with Crippen LogP contribution in [0.25, 0.3) is 10.8 Å². The molecule has 7 nitrogen and oxygen atoms in total. The van der Waals surface area contributed by atoms with Gasteiger partial charge in [0.05, 0.1) is 16.6 Å². The number of nitrogens with one attached hydrogen (secondary N) is 2. The molecule has 0 unspecified atom stereocenters. The van der Waals surface area contributed by atoms with Gasteiger partial charge in [0.15, 0.2) is 0 Å². The van der Waals surface area contributed by atoms with Gasteiger partial charge in [-0.15, -0.1) is 0 Å². The molecule has 0 atom stereocenters. The average molecular weight is 367 g/mol. The van der Waals surface area contributed by atoms with Gasteiger partial charge in [-0.2, -0.15) is 0 Å². The molecule has 3 aromatic rings. The van der Waals surface area contributed by atoms with Crippen molar-refractivity contribution in [3.8, 4) is 0 Å². The molecule has 0 aliphatic carbocycles. The highest BCUT2D eigenvalue weighted by atomic mass is 32.2. The van der Waals surface area contributed by atoms with E-state index in [1.807, 2.05) is 0 Å². The molecule has 8 heteroatoms. The standard InChI is InChI=1S/C18H12N2O5S/c21-17-12-6-3-5-11-15(9-8-14(19-17)16(11)12)26(24,25)20-13-7-2-1-4-10(13)18(22)23/h1-9,20H,(H,19,21)(H,22,23)/p-1. The van der Waals surface area contributed by atoms with E-state index in [2.05, 4.69) is 10.0 Å². The van der Waals surface area contributed by atoms with Gasteiger partial charge in [0.2, 0.25) is 0 Å². The van der Waals surface area contributed by atoms with Crippen LogP contribution in [0.15, 0.2) is 59.5 Å². The maximum Gasteiger partial charge on any atom is 0.262 e. The number of amides is 1. The van der Waals surface area contributed by atoms with Gasteiger partial charge in [-0.05, 0) is 24.3 Å². The lowest BCUT2D eigenvalue weighted by Gasteiger charge is -2.14. The third-order valence-corrected chi connectivity index (χ3v) is 5.60. The Balaban J connectivity index is 1.88. The summed E-state index contributed by atoms with van der Waals surface area (Å²) in [4.78, 5) is 23.1. The normalized spacial score (nSPS) is 12.8. The Morgan fingerprint density at radius 3 is 2.54 bits per heavy atom. The number of carboxylic acid groups (broad SMARTS) is 1. The summed E-state index contributed by atoms with van der Waals surface area (Å²) in [5, 5.41) is 14.8. The summed E-state index contributed by atoms with van der Waals surface area (Å²) in [6.45, 7) is 0. The Morgan fingerprint density at radius 1 is 1.00 bits per heavy atom. The lowest BCUT2D eigenvalue weighted by Crippen LogP contribution is -2.25. The van der Waals surface area contributed by atoms with Crippen LogP contribution in [-0.4, -0.2) is 20.3 Å². The summed E-state index contributed by atoms with van der Waals surface area (Å²) in [5.74, 6) is -1.78. The summed E-state index contributed by atoms with van der Waals surface area (Å²) >= 11 is 0. The molecule has 130 valence electrons. The zero-order chi connectivity index (χ0) is 18.5. The molecule has 0 fully saturated rings. The van der Waals surface area contributed by atoms with Gasteiger partial charge in [0.25, 0.3) is 15.9 Å². The number of carbonyl (C=O) groups is 2. The van der Waals surface area contributed by atoms with Crippen molar-refractivity contribution in [2.45, 2.75) is 4.90 Å². The maximum absolute atomic E-state index is 12.9. The van der Waals surface area contributed by atoms with E-state index in [1.165, 1.54) is 36.4 Å². The van der Waals surface area contributed by atoms with E-state index in [9.17, 15) is 23.1 Å². The van der Waals surface area contributed by atoms with Gasteiger partial charge in [-0.3, -0.25) is 9.52 Å². The number of hydrogen-bond donors (Lipinski definition) is 2. The predicted molar refractivity (Wildman–Crippen MR) is 93.5 cm³/mol. The van der Waals surface area contributed by atoms with Crippen LogP contribution < -0.4 is 15.1 Å². The van der Waals surface area contributed by atoms with E-state index < -0.39 is 16.0 Å². The van der Waals surface area contributed by atoms with Crippen LogP contribution in [0.5, 0.6) is 0 Å². The van der Waals surface area contributed by atoms with Gasteiger partial charge in [-0.25, -0.2) is 8.42 Å². The minimum Gasteiger partial charge on any atom is -0.545 e. The van der Waals surface area contributed by atoms with E-state index in [0.717, 1.165) is 0 Å². The third kappa shape index (κ3) is 2.39. The van der Waals surface area contributed by atoms with Crippen LogP contribution >= 0.6 is 0 Å². The molecular formula is C18H11N2O5S-. The summed E-state index contributed by atoms with van der Waals surface area (Å²) in [5.41, 5.74) is 0.572. The van der Waals surface area contributed by atoms with Gasteiger partial charge in [0.1, 0.15) is 0 Å². The second kappa shape index (κ2) is 5.57. The molecule has 1 amide bonds. The van der Waals surface area contributed by atoms with Gasteiger partial charge in [0, 0.05) is 27.6 Å². The van der Waals surface area contributed by atoms with Crippen molar-refractivity contribution in [2.75, 3.05) is 10.0 Å². The molecule has 0 saturated heterocycles. The molecule has 3 aromatic carbocycles. The van der Waals surface area contributed by atoms with Gasteiger partial charge in [-0.1, -0.05) is 30.3 Å². The first-order valence-electron chi connectivity index (χ1n) is 7.59. The molecule has 4 rings (SSSR count). The van der Waals surface area contributed by atoms with E-state index in [-0.39, 0.29) is 22.1 Å². The topological polar surface area (TPSA) is 115 Å². The number of carbonyl (C=O) groups excluding carboxylic acids is 2. The number of sulfonamides is 1. The predicted octanol–water partition coefficient (Wildman–Crippen LogP) is 1.57. The number of anilines is 2. The summed E-state index contributed by atoms with van der Waals surface area (Å²) < 4.78 is 28.1. The monoisotopic (exact) mass is 367 g/mol. The zero-order valence-corrected chi connectivity index (χ0v) is 14.0. The van der Waals surface area contributed by atoms with Crippen molar-refractivity contribution in [2.24, 2.45) is 0 Å².